The van der Waals surface area contributed by atoms with Gasteiger partial charge in [0.15, 0.2) is 18.1 Å². The molecular weight excluding hydrogens is 524 g/mol. The van der Waals surface area contributed by atoms with Gasteiger partial charge in [0.1, 0.15) is 23.9 Å². The standard InChI is InChI=1S/C32H30N2O7/c1-3-38-26-12-10-25(11-13-26)32(36)41-29-18-9-24(19-30(29)37-2)20-33-34-31(35)22-40-28-16-14-27(15-17-28)39-21-23-7-5-4-6-8-23/h4-20H,3,21-22H2,1-2H3,(H,34,35)/b33-20-. The molecule has 0 aliphatic heterocycles. The fraction of sp³-hybridized carbons (Fsp3) is 0.156. The lowest BCUT2D eigenvalue weighted by Gasteiger charge is -2.10. The first-order valence-corrected chi connectivity index (χ1v) is 12.9. The van der Waals surface area contributed by atoms with Crippen molar-refractivity contribution >= 4 is 18.1 Å². The number of hydrazone groups is 1. The zero-order valence-corrected chi connectivity index (χ0v) is 22.7. The van der Waals surface area contributed by atoms with Crippen LogP contribution in [0.3, 0.4) is 0 Å². The Morgan fingerprint density at radius 3 is 2.12 bits per heavy atom. The molecule has 0 bridgehead atoms. The van der Waals surface area contributed by atoms with Crippen LogP contribution in [0, 0.1) is 0 Å². The highest BCUT2D eigenvalue weighted by Crippen LogP contribution is 2.28. The minimum absolute atomic E-state index is 0.217. The van der Waals surface area contributed by atoms with E-state index in [-0.39, 0.29) is 12.4 Å². The van der Waals surface area contributed by atoms with Gasteiger partial charge in [-0.05, 0) is 84.8 Å². The summed E-state index contributed by atoms with van der Waals surface area (Å²) in [6.45, 7) is 2.67. The Kier molecular flexibility index (Phi) is 10.3. The molecule has 9 heteroatoms. The molecule has 0 aromatic heterocycles. The topological polar surface area (TPSA) is 105 Å². The second kappa shape index (κ2) is 14.7. The van der Waals surface area contributed by atoms with E-state index in [2.05, 4.69) is 10.5 Å². The Balaban J connectivity index is 1.23. The highest BCUT2D eigenvalue weighted by molar-refractivity contribution is 5.92. The van der Waals surface area contributed by atoms with Crippen LogP contribution in [0.5, 0.6) is 28.7 Å². The Morgan fingerprint density at radius 1 is 0.780 bits per heavy atom. The van der Waals surface area contributed by atoms with Crippen LogP contribution in [0.1, 0.15) is 28.4 Å². The van der Waals surface area contributed by atoms with Gasteiger partial charge in [0.05, 0.1) is 25.5 Å². The van der Waals surface area contributed by atoms with Gasteiger partial charge in [0.25, 0.3) is 5.91 Å². The Labute approximate surface area is 238 Å². The lowest BCUT2D eigenvalue weighted by atomic mass is 10.2. The smallest absolute Gasteiger partial charge is 0.343 e. The van der Waals surface area contributed by atoms with E-state index in [1.54, 1.807) is 66.7 Å². The molecule has 4 aromatic rings. The molecule has 4 aromatic carbocycles. The van der Waals surface area contributed by atoms with Crippen LogP contribution in [0.2, 0.25) is 0 Å². The summed E-state index contributed by atoms with van der Waals surface area (Å²) in [4.78, 5) is 24.7. The maximum absolute atomic E-state index is 12.5. The maximum Gasteiger partial charge on any atom is 0.343 e. The van der Waals surface area contributed by atoms with Gasteiger partial charge in [-0.2, -0.15) is 5.10 Å². The van der Waals surface area contributed by atoms with E-state index in [0.29, 0.717) is 47.3 Å². The number of methoxy groups -OCH3 is 1. The van der Waals surface area contributed by atoms with Gasteiger partial charge in [-0.15, -0.1) is 0 Å². The van der Waals surface area contributed by atoms with E-state index in [4.69, 9.17) is 23.7 Å². The number of hydrogen-bond acceptors (Lipinski definition) is 8. The number of rotatable bonds is 13. The summed E-state index contributed by atoms with van der Waals surface area (Å²) in [6, 6.07) is 28.4. The van der Waals surface area contributed by atoms with Crippen LogP contribution in [0.25, 0.3) is 0 Å². The summed E-state index contributed by atoms with van der Waals surface area (Å²) >= 11 is 0. The fourth-order valence-corrected chi connectivity index (χ4v) is 3.59. The number of benzene rings is 4. The monoisotopic (exact) mass is 554 g/mol. The van der Waals surface area contributed by atoms with Gasteiger partial charge in [-0.25, -0.2) is 10.2 Å². The third-order valence-corrected chi connectivity index (χ3v) is 5.64. The molecule has 41 heavy (non-hydrogen) atoms. The Hall–Kier alpha value is -5.31. The molecule has 0 radical (unpaired) electrons. The molecule has 9 nitrogen and oxygen atoms in total. The number of nitrogens with one attached hydrogen (secondary N) is 1. The summed E-state index contributed by atoms with van der Waals surface area (Å²) in [6.07, 6.45) is 1.44. The summed E-state index contributed by atoms with van der Waals surface area (Å²) in [5.41, 5.74) is 4.48. The first-order valence-electron chi connectivity index (χ1n) is 12.9. The van der Waals surface area contributed by atoms with Crippen LogP contribution in [-0.4, -0.2) is 38.4 Å². The van der Waals surface area contributed by atoms with Crippen molar-refractivity contribution in [3.05, 3.63) is 114 Å². The predicted octanol–water partition coefficient (Wildman–Crippen LogP) is 5.42. The van der Waals surface area contributed by atoms with Crippen LogP contribution in [-0.2, 0) is 11.4 Å². The lowest BCUT2D eigenvalue weighted by molar-refractivity contribution is -0.123. The van der Waals surface area contributed by atoms with Crippen molar-refractivity contribution in [3.8, 4) is 28.7 Å². The van der Waals surface area contributed by atoms with Gasteiger partial charge in [0.2, 0.25) is 0 Å². The van der Waals surface area contributed by atoms with E-state index in [9.17, 15) is 9.59 Å². The van der Waals surface area contributed by atoms with E-state index in [1.807, 2.05) is 37.3 Å². The van der Waals surface area contributed by atoms with Crippen molar-refractivity contribution in [3.63, 3.8) is 0 Å². The van der Waals surface area contributed by atoms with Gasteiger partial charge in [-0.1, -0.05) is 30.3 Å². The van der Waals surface area contributed by atoms with Crippen LogP contribution >= 0.6 is 0 Å². The van der Waals surface area contributed by atoms with E-state index >= 15 is 0 Å². The number of amides is 1. The molecule has 0 aliphatic rings. The van der Waals surface area contributed by atoms with Gasteiger partial charge in [-0.3, -0.25) is 4.79 Å². The zero-order chi connectivity index (χ0) is 28.9. The number of nitrogens with zero attached hydrogens (tertiary/aromatic N) is 1. The summed E-state index contributed by atoms with van der Waals surface area (Å²) in [5, 5.41) is 3.96. The van der Waals surface area contributed by atoms with Crippen molar-refractivity contribution in [2.24, 2.45) is 5.10 Å². The van der Waals surface area contributed by atoms with Gasteiger partial charge < -0.3 is 23.7 Å². The number of carbonyl (C=O) groups is 2. The summed E-state index contributed by atoms with van der Waals surface area (Å²) in [5.74, 6) is 1.51. The van der Waals surface area contributed by atoms with Crippen molar-refractivity contribution in [1.82, 2.24) is 5.43 Å². The number of hydrogen-bond donors (Lipinski definition) is 1. The average molecular weight is 555 g/mol. The van der Waals surface area contributed by atoms with E-state index < -0.39 is 11.9 Å². The van der Waals surface area contributed by atoms with Gasteiger partial charge in [0, 0.05) is 0 Å². The number of ether oxygens (including phenoxy) is 5. The lowest BCUT2D eigenvalue weighted by Crippen LogP contribution is -2.24. The minimum Gasteiger partial charge on any atom is -0.494 e. The minimum atomic E-state index is -0.533. The molecule has 0 atom stereocenters. The van der Waals surface area contributed by atoms with Crippen molar-refractivity contribution in [2.45, 2.75) is 13.5 Å². The molecule has 0 saturated heterocycles. The molecule has 0 saturated carbocycles. The largest absolute Gasteiger partial charge is 0.494 e. The van der Waals surface area contributed by atoms with Crippen LogP contribution < -0.4 is 29.1 Å². The third kappa shape index (κ3) is 8.86. The zero-order valence-electron chi connectivity index (χ0n) is 22.7. The molecule has 1 amide bonds. The van der Waals surface area contributed by atoms with Crippen molar-refractivity contribution in [2.75, 3.05) is 20.3 Å². The molecule has 210 valence electrons. The van der Waals surface area contributed by atoms with Crippen LogP contribution in [0.15, 0.2) is 102 Å². The van der Waals surface area contributed by atoms with Crippen molar-refractivity contribution in [1.29, 1.82) is 0 Å². The number of esters is 1. The fourth-order valence-electron chi connectivity index (χ4n) is 3.59. The molecular formula is C32H30N2O7. The summed E-state index contributed by atoms with van der Waals surface area (Å²) < 4.78 is 27.5. The average Bonchev–Trinajstić information content (AvgIpc) is 3.01. The second-order valence-electron chi connectivity index (χ2n) is 8.58. The van der Waals surface area contributed by atoms with Gasteiger partial charge >= 0.3 is 5.97 Å². The first-order chi connectivity index (χ1) is 20.0. The van der Waals surface area contributed by atoms with Crippen LogP contribution in [0.4, 0.5) is 0 Å². The highest BCUT2D eigenvalue weighted by atomic mass is 16.6. The number of carbonyl (C=O) groups excluding carboxylic acids is 2. The Bertz CT molecular complexity index is 1450. The Morgan fingerprint density at radius 2 is 1.44 bits per heavy atom. The van der Waals surface area contributed by atoms with Crippen molar-refractivity contribution < 1.29 is 33.3 Å². The molecule has 4 rings (SSSR count). The predicted molar refractivity (Wildman–Crippen MR) is 154 cm³/mol. The molecule has 0 heterocycles. The molecule has 0 unspecified atom stereocenters. The molecule has 0 spiro atoms. The third-order valence-electron chi connectivity index (χ3n) is 5.64. The normalized spacial score (nSPS) is 10.6. The SMILES string of the molecule is CCOc1ccc(C(=O)Oc2ccc(/C=N\NC(=O)COc3ccc(OCc4ccccc4)cc3)cc2OC)cc1. The second-order valence-corrected chi connectivity index (χ2v) is 8.58. The summed E-state index contributed by atoms with van der Waals surface area (Å²) in [7, 11) is 1.46. The maximum atomic E-state index is 12.5. The van der Waals surface area contributed by atoms with E-state index in [0.717, 1.165) is 5.56 Å². The quantitative estimate of drug-likeness (QED) is 0.102. The molecule has 0 fully saturated rings. The van der Waals surface area contributed by atoms with E-state index in [1.165, 1.54) is 13.3 Å². The highest BCUT2D eigenvalue weighted by Gasteiger charge is 2.13. The first kappa shape index (κ1) is 28.7. The molecule has 1 N–H and O–H groups in total. The molecule has 0 aliphatic carbocycles.